The Morgan fingerprint density at radius 2 is 2.40 bits per heavy atom. The van der Waals surface area contributed by atoms with Crippen LogP contribution in [0.3, 0.4) is 0 Å². The molecule has 0 aromatic carbocycles. The molecule has 3 heterocycles. The smallest absolute Gasteiger partial charge is 0.271 e. The van der Waals surface area contributed by atoms with Gasteiger partial charge in [-0.15, -0.1) is 11.3 Å². The van der Waals surface area contributed by atoms with Crippen LogP contribution < -0.4 is 5.32 Å². The summed E-state index contributed by atoms with van der Waals surface area (Å²) < 4.78 is 2.09. The number of carbonyl (C=O) groups excluding carboxylic acids is 1. The lowest BCUT2D eigenvalue weighted by Gasteiger charge is -2.29. The Bertz CT molecular complexity index is 605. The lowest BCUT2D eigenvalue weighted by molar-refractivity contribution is 0.0946. The third kappa shape index (κ3) is 2.48. The molecule has 0 saturated carbocycles. The molecule has 0 bridgehead atoms. The number of likely N-dealkylation sites (N-methyl/N-ethyl adjacent to an activating group) is 1. The second-order valence-corrected chi connectivity index (χ2v) is 6.13. The molecule has 1 aliphatic heterocycles. The molecule has 1 atom stereocenters. The van der Waals surface area contributed by atoms with E-state index >= 15 is 0 Å². The summed E-state index contributed by atoms with van der Waals surface area (Å²) in [5.74, 6) is 0.871. The van der Waals surface area contributed by atoms with Crippen molar-refractivity contribution in [2.24, 2.45) is 0 Å². The van der Waals surface area contributed by atoms with Crippen LogP contribution in [-0.4, -0.2) is 34.0 Å². The molecule has 2 aromatic rings. The van der Waals surface area contributed by atoms with Crippen molar-refractivity contribution >= 4 is 17.2 Å². The van der Waals surface area contributed by atoms with E-state index in [9.17, 15) is 4.79 Å². The van der Waals surface area contributed by atoms with E-state index in [-0.39, 0.29) is 11.9 Å². The first-order chi connectivity index (χ1) is 9.65. The first-order valence-electron chi connectivity index (χ1n) is 6.73. The molecule has 0 unspecified atom stereocenters. The van der Waals surface area contributed by atoms with Gasteiger partial charge >= 0.3 is 0 Å². The second-order valence-electron chi connectivity index (χ2n) is 5.10. The van der Waals surface area contributed by atoms with Gasteiger partial charge in [0, 0.05) is 24.2 Å². The first-order valence-corrected chi connectivity index (χ1v) is 7.61. The van der Waals surface area contributed by atoms with Crippen LogP contribution in [0, 0.1) is 0 Å². The topological polar surface area (TPSA) is 50.2 Å². The van der Waals surface area contributed by atoms with E-state index in [0.29, 0.717) is 12.2 Å². The van der Waals surface area contributed by atoms with E-state index in [0.717, 1.165) is 23.8 Å². The number of aromatic nitrogens is 2. The Balaban J connectivity index is 1.71. The van der Waals surface area contributed by atoms with E-state index in [2.05, 4.69) is 33.7 Å². The highest BCUT2D eigenvalue weighted by molar-refractivity contribution is 7.09. The van der Waals surface area contributed by atoms with Crippen LogP contribution in [-0.2, 0) is 13.1 Å². The molecule has 0 radical (unpaired) electrons. The Morgan fingerprint density at radius 1 is 1.55 bits per heavy atom. The van der Waals surface area contributed by atoms with Crippen molar-refractivity contribution in [3.63, 3.8) is 0 Å². The number of nitrogens with one attached hydrogen (secondary N) is 1. The molecule has 1 aliphatic rings. The fraction of sp³-hybridized carbons (Fsp3) is 0.429. The van der Waals surface area contributed by atoms with Gasteiger partial charge in [-0.3, -0.25) is 9.69 Å². The molecule has 0 spiro atoms. The van der Waals surface area contributed by atoms with E-state index in [1.54, 1.807) is 11.3 Å². The average molecular weight is 290 g/mol. The minimum Gasteiger partial charge on any atom is -0.346 e. The Hall–Kier alpha value is -1.66. The van der Waals surface area contributed by atoms with Crippen molar-refractivity contribution in [3.05, 3.63) is 40.1 Å². The molecule has 0 saturated heterocycles. The van der Waals surface area contributed by atoms with E-state index in [1.807, 2.05) is 23.7 Å². The molecular formula is C14H18N4OS. The summed E-state index contributed by atoms with van der Waals surface area (Å²) in [4.78, 5) is 20.0. The summed E-state index contributed by atoms with van der Waals surface area (Å²) in [6.45, 7) is 4.56. The minimum absolute atomic E-state index is 0.102. The van der Waals surface area contributed by atoms with E-state index in [4.69, 9.17) is 0 Å². The fourth-order valence-corrected chi connectivity index (χ4v) is 3.02. The number of rotatable bonds is 3. The summed E-state index contributed by atoms with van der Waals surface area (Å²) in [5, 5.41) is 4.93. The number of nitrogens with zero attached hydrogens (tertiary/aromatic N) is 3. The standard InChI is InChI=1S/C14H18N4OS/c1-10-13-16-12(9-18(13)6-5-17(10)2)14(19)15-8-11-4-3-7-20-11/h3-4,7,9-10H,5-6,8H2,1-2H3,(H,15,19)/t10-/m0/s1. The van der Waals surface area contributed by atoms with Crippen molar-refractivity contribution in [2.75, 3.05) is 13.6 Å². The maximum absolute atomic E-state index is 12.1. The predicted octanol–water partition coefficient (Wildman–Crippen LogP) is 1.88. The number of hydrogen-bond donors (Lipinski definition) is 1. The number of imidazole rings is 1. The maximum atomic E-state index is 12.1. The van der Waals surface area contributed by atoms with Gasteiger partial charge in [0.25, 0.3) is 5.91 Å². The zero-order valence-electron chi connectivity index (χ0n) is 11.7. The highest BCUT2D eigenvalue weighted by Gasteiger charge is 2.24. The molecule has 2 aromatic heterocycles. The highest BCUT2D eigenvalue weighted by atomic mass is 32.1. The Kier molecular flexibility index (Phi) is 3.58. The summed E-state index contributed by atoms with van der Waals surface area (Å²) >= 11 is 1.64. The van der Waals surface area contributed by atoms with E-state index in [1.165, 1.54) is 0 Å². The molecular weight excluding hydrogens is 272 g/mol. The van der Waals surface area contributed by atoms with Gasteiger partial charge in [0.2, 0.25) is 0 Å². The van der Waals surface area contributed by atoms with Gasteiger partial charge in [-0.25, -0.2) is 4.98 Å². The predicted molar refractivity (Wildman–Crippen MR) is 78.8 cm³/mol. The summed E-state index contributed by atoms with van der Waals surface area (Å²) in [6, 6.07) is 4.25. The van der Waals surface area contributed by atoms with Gasteiger partial charge in [0.15, 0.2) is 0 Å². The van der Waals surface area contributed by atoms with Gasteiger partial charge in [-0.05, 0) is 25.4 Å². The zero-order valence-corrected chi connectivity index (χ0v) is 12.5. The van der Waals surface area contributed by atoms with Gasteiger partial charge in [0.1, 0.15) is 11.5 Å². The van der Waals surface area contributed by atoms with Crippen molar-refractivity contribution in [1.29, 1.82) is 0 Å². The van der Waals surface area contributed by atoms with Crippen LogP contribution in [0.4, 0.5) is 0 Å². The van der Waals surface area contributed by atoms with Gasteiger partial charge in [0.05, 0.1) is 12.6 Å². The number of amides is 1. The average Bonchev–Trinajstić information content (AvgIpc) is 3.09. The summed E-state index contributed by atoms with van der Waals surface area (Å²) in [7, 11) is 2.08. The van der Waals surface area contributed by atoms with Crippen LogP contribution >= 0.6 is 11.3 Å². The summed E-state index contributed by atoms with van der Waals surface area (Å²) in [5.41, 5.74) is 0.513. The molecule has 1 N–H and O–H groups in total. The van der Waals surface area contributed by atoms with Crippen LogP contribution in [0.5, 0.6) is 0 Å². The largest absolute Gasteiger partial charge is 0.346 e. The van der Waals surface area contributed by atoms with Crippen LogP contribution in [0.25, 0.3) is 0 Å². The van der Waals surface area contributed by atoms with Gasteiger partial charge < -0.3 is 9.88 Å². The van der Waals surface area contributed by atoms with Gasteiger partial charge in [-0.2, -0.15) is 0 Å². The van der Waals surface area contributed by atoms with Crippen molar-refractivity contribution in [2.45, 2.75) is 26.1 Å². The molecule has 6 heteroatoms. The Labute approximate surface area is 122 Å². The SMILES string of the molecule is C[C@H]1c2nc(C(=O)NCc3cccs3)cn2CCN1C. The third-order valence-electron chi connectivity index (χ3n) is 3.77. The molecule has 1 amide bonds. The van der Waals surface area contributed by atoms with Crippen LogP contribution in [0.1, 0.15) is 34.2 Å². The molecule has 0 fully saturated rings. The third-order valence-corrected chi connectivity index (χ3v) is 4.65. The molecule has 106 valence electrons. The van der Waals surface area contributed by atoms with Crippen LogP contribution in [0.15, 0.2) is 23.7 Å². The molecule has 20 heavy (non-hydrogen) atoms. The van der Waals surface area contributed by atoms with Crippen molar-refractivity contribution < 1.29 is 4.79 Å². The van der Waals surface area contributed by atoms with Gasteiger partial charge in [-0.1, -0.05) is 6.07 Å². The zero-order chi connectivity index (χ0) is 14.1. The second kappa shape index (κ2) is 5.38. The monoisotopic (exact) mass is 290 g/mol. The molecule has 3 rings (SSSR count). The lowest BCUT2D eigenvalue weighted by Crippen LogP contribution is -2.33. The Morgan fingerprint density at radius 3 is 3.15 bits per heavy atom. The normalized spacial score (nSPS) is 18.8. The van der Waals surface area contributed by atoms with Crippen molar-refractivity contribution in [1.82, 2.24) is 19.8 Å². The lowest BCUT2D eigenvalue weighted by atomic mass is 10.2. The van der Waals surface area contributed by atoms with Crippen molar-refractivity contribution in [3.8, 4) is 0 Å². The highest BCUT2D eigenvalue weighted by Crippen LogP contribution is 2.22. The minimum atomic E-state index is -0.102. The number of hydrogen-bond acceptors (Lipinski definition) is 4. The fourth-order valence-electron chi connectivity index (χ4n) is 2.38. The molecule has 0 aliphatic carbocycles. The maximum Gasteiger partial charge on any atom is 0.271 e. The number of thiophene rings is 1. The van der Waals surface area contributed by atoms with Crippen LogP contribution in [0.2, 0.25) is 0 Å². The quantitative estimate of drug-likeness (QED) is 0.939. The number of carbonyl (C=O) groups is 1. The molecule has 5 nitrogen and oxygen atoms in total. The summed E-state index contributed by atoms with van der Waals surface area (Å²) in [6.07, 6.45) is 1.86. The van der Waals surface area contributed by atoms with E-state index < -0.39 is 0 Å². The first kappa shape index (κ1) is 13.3. The number of fused-ring (bicyclic) bond motifs is 1.